The van der Waals surface area contributed by atoms with Gasteiger partial charge >= 0.3 is 0 Å². The Labute approximate surface area is 170 Å². The maximum atomic E-state index is 12.5. The maximum Gasteiger partial charge on any atom is 0.256 e. The first-order valence-electron chi connectivity index (χ1n) is 8.88. The topological polar surface area (TPSA) is 96.1 Å². The van der Waals surface area contributed by atoms with Gasteiger partial charge in [0.1, 0.15) is 5.75 Å². The summed E-state index contributed by atoms with van der Waals surface area (Å²) >= 11 is 1.59. The Hall–Kier alpha value is -3.65. The Balaban J connectivity index is 1.51. The molecule has 0 saturated heterocycles. The molecule has 2 aromatic heterocycles. The molecule has 146 valence electrons. The largest absolute Gasteiger partial charge is 0.497 e. The number of nitrogens with one attached hydrogen (secondary N) is 3. The second-order valence-electron chi connectivity index (χ2n) is 6.28. The first-order valence-corrected chi connectivity index (χ1v) is 9.76. The second kappa shape index (κ2) is 8.15. The van der Waals surface area contributed by atoms with Gasteiger partial charge in [0.15, 0.2) is 5.82 Å². The predicted octanol–water partition coefficient (Wildman–Crippen LogP) is 3.82. The number of carbonyl (C=O) groups excluding carboxylic acids is 2. The normalized spacial score (nSPS) is 10.7. The Kier molecular flexibility index (Phi) is 5.26. The number of hydrogen-bond acceptors (Lipinski definition) is 5. The summed E-state index contributed by atoms with van der Waals surface area (Å²) in [7, 11) is 1.57. The van der Waals surface area contributed by atoms with Gasteiger partial charge in [-0.05, 0) is 53.9 Å². The fraction of sp³-hybridized carbons (Fsp3) is 0.0952. The van der Waals surface area contributed by atoms with Gasteiger partial charge in [-0.1, -0.05) is 6.07 Å². The molecule has 4 aromatic rings. The van der Waals surface area contributed by atoms with E-state index in [2.05, 4.69) is 20.8 Å². The Bertz CT molecular complexity index is 1150. The molecule has 2 amide bonds. The molecule has 2 heterocycles. The number of hydrogen-bond donors (Lipinski definition) is 3. The molecule has 0 radical (unpaired) electrons. The van der Waals surface area contributed by atoms with Crippen LogP contribution >= 0.6 is 11.3 Å². The highest BCUT2D eigenvalue weighted by Gasteiger charge is 2.14. The number of H-pyrrole nitrogens is 1. The first kappa shape index (κ1) is 18.7. The van der Waals surface area contributed by atoms with E-state index in [0.29, 0.717) is 34.6 Å². The monoisotopic (exact) mass is 406 g/mol. The number of fused-ring (bicyclic) bond motifs is 1. The lowest BCUT2D eigenvalue weighted by atomic mass is 10.1. The van der Waals surface area contributed by atoms with Crippen molar-refractivity contribution in [3.63, 3.8) is 0 Å². The standard InChI is InChI=1S/C21H18N4O3S/c1-28-15-7-4-13(5-8-15)21(27)23-19-17-11-14(6-9-18(17)24-25-19)20(26)22-12-16-3-2-10-29-16/h2-11H,12H2,1H3,(H,22,26)(H2,23,24,25,27). The molecule has 0 saturated carbocycles. The van der Waals surface area contributed by atoms with Crippen LogP contribution in [0.1, 0.15) is 25.6 Å². The minimum absolute atomic E-state index is 0.186. The first-order chi connectivity index (χ1) is 14.1. The average Bonchev–Trinajstić information content (AvgIpc) is 3.42. The van der Waals surface area contributed by atoms with Crippen LogP contribution in [0.15, 0.2) is 60.0 Å². The third-order valence-corrected chi connectivity index (χ3v) is 5.29. The molecular formula is C21H18N4O3S. The van der Waals surface area contributed by atoms with E-state index in [4.69, 9.17) is 4.74 Å². The number of methoxy groups -OCH3 is 1. The molecule has 0 fully saturated rings. The van der Waals surface area contributed by atoms with Crippen LogP contribution in [0.4, 0.5) is 5.82 Å². The van der Waals surface area contributed by atoms with E-state index >= 15 is 0 Å². The summed E-state index contributed by atoms with van der Waals surface area (Å²) in [5.41, 5.74) is 1.70. The third-order valence-electron chi connectivity index (χ3n) is 4.41. The number of thiophene rings is 1. The van der Waals surface area contributed by atoms with Gasteiger partial charge in [-0.25, -0.2) is 0 Å². The molecule has 0 aliphatic rings. The molecule has 0 spiro atoms. The minimum atomic E-state index is -0.298. The lowest BCUT2D eigenvalue weighted by Gasteiger charge is -2.06. The van der Waals surface area contributed by atoms with E-state index in [9.17, 15) is 9.59 Å². The zero-order valence-corrected chi connectivity index (χ0v) is 16.4. The summed E-state index contributed by atoms with van der Waals surface area (Å²) in [6.45, 7) is 0.473. The van der Waals surface area contributed by atoms with E-state index in [1.165, 1.54) is 0 Å². The molecule has 0 aliphatic heterocycles. The average molecular weight is 406 g/mol. The van der Waals surface area contributed by atoms with Gasteiger partial charge in [-0.3, -0.25) is 14.7 Å². The van der Waals surface area contributed by atoms with Crippen molar-refractivity contribution in [1.29, 1.82) is 0 Å². The SMILES string of the molecule is COc1ccc(C(=O)Nc2n[nH]c3ccc(C(=O)NCc4cccs4)cc23)cc1. The van der Waals surface area contributed by atoms with Crippen molar-refractivity contribution in [2.24, 2.45) is 0 Å². The van der Waals surface area contributed by atoms with Crippen molar-refractivity contribution in [3.8, 4) is 5.75 Å². The Morgan fingerprint density at radius 1 is 1.07 bits per heavy atom. The molecule has 0 unspecified atom stereocenters. The molecule has 29 heavy (non-hydrogen) atoms. The van der Waals surface area contributed by atoms with Crippen LogP contribution in [0.3, 0.4) is 0 Å². The van der Waals surface area contributed by atoms with E-state index in [1.807, 2.05) is 17.5 Å². The van der Waals surface area contributed by atoms with Gasteiger partial charge in [0.05, 0.1) is 19.2 Å². The van der Waals surface area contributed by atoms with Crippen molar-refractivity contribution >= 4 is 39.9 Å². The Morgan fingerprint density at radius 2 is 1.86 bits per heavy atom. The van der Waals surface area contributed by atoms with Crippen LogP contribution in [0.25, 0.3) is 10.9 Å². The number of aromatic amines is 1. The van der Waals surface area contributed by atoms with Gasteiger partial charge in [-0.15, -0.1) is 11.3 Å². The lowest BCUT2D eigenvalue weighted by Crippen LogP contribution is -2.22. The molecule has 4 rings (SSSR count). The number of benzene rings is 2. The number of amides is 2. The highest BCUT2D eigenvalue weighted by atomic mass is 32.1. The number of ether oxygens (including phenoxy) is 1. The molecule has 3 N–H and O–H groups in total. The fourth-order valence-electron chi connectivity index (χ4n) is 2.86. The molecule has 0 atom stereocenters. The quantitative estimate of drug-likeness (QED) is 0.454. The van der Waals surface area contributed by atoms with Crippen molar-refractivity contribution in [2.75, 3.05) is 12.4 Å². The molecule has 0 aliphatic carbocycles. The summed E-state index contributed by atoms with van der Waals surface area (Å²) in [6.07, 6.45) is 0. The number of anilines is 1. The van der Waals surface area contributed by atoms with E-state index in [0.717, 1.165) is 10.4 Å². The number of nitrogens with zero attached hydrogens (tertiary/aromatic N) is 1. The van der Waals surface area contributed by atoms with Crippen LogP contribution in [0.5, 0.6) is 5.75 Å². The summed E-state index contributed by atoms with van der Waals surface area (Å²) in [4.78, 5) is 26.1. The third kappa shape index (κ3) is 4.12. The molecule has 0 bridgehead atoms. The van der Waals surface area contributed by atoms with Crippen molar-refractivity contribution in [3.05, 3.63) is 76.0 Å². The van der Waals surface area contributed by atoms with Crippen LogP contribution < -0.4 is 15.4 Å². The van der Waals surface area contributed by atoms with Crippen molar-refractivity contribution in [2.45, 2.75) is 6.54 Å². The fourth-order valence-corrected chi connectivity index (χ4v) is 3.50. The lowest BCUT2D eigenvalue weighted by molar-refractivity contribution is 0.0950. The van der Waals surface area contributed by atoms with Crippen LogP contribution in [0, 0.1) is 0 Å². The van der Waals surface area contributed by atoms with E-state index < -0.39 is 0 Å². The maximum absolute atomic E-state index is 12.5. The number of carbonyl (C=O) groups is 2. The van der Waals surface area contributed by atoms with Crippen LogP contribution in [-0.2, 0) is 6.54 Å². The summed E-state index contributed by atoms with van der Waals surface area (Å²) in [6, 6.07) is 15.9. The molecular weight excluding hydrogens is 388 g/mol. The molecule has 8 heteroatoms. The van der Waals surface area contributed by atoms with Crippen molar-refractivity contribution < 1.29 is 14.3 Å². The van der Waals surface area contributed by atoms with Crippen LogP contribution in [-0.4, -0.2) is 29.1 Å². The van der Waals surface area contributed by atoms with Gasteiger partial charge < -0.3 is 15.4 Å². The van der Waals surface area contributed by atoms with E-state index in [-0.39, 0.29) is 11.8 Å². The van der Waals surface area contributed by atoms with Crippen molar-refractivity contribution in [1.82, 2.24) is 15.5 Å². The van der Waals surface area contributed by atoms with Gasteiger partial charge in [-0.2, -0.15) is 5.10 Å². The second-order valence-corrected chi connectivity index (χ2v) is 7.31. The summed E-state index contributed by atoms with van der Waals surface area (Å²) in [5, 5.41) is 15.4. The zero-order valence-electron chi connectivity index (χ0n) is 15.6. The van der Waals surface area contributed by atoms with Gasteiger partial charge in [0.2, 0.25) is 0 Å². The summed E-state index contributed by atoms with van der Waals surface area (Å²) < 4.78 is 5.11. The van der Waals surface area contributed by atoms with Gasteiger partial charge in [0.25, 0.3) is 11.8 Å². The summed E-state index contributed by atoms with van der Waals surface area (Å²) in [5.74, 6) is 0.557. The highest BCUT2D eigenvalue weighted by Crippen LogP contribution is 2.23. The van der Waals surface area contributed by atoms with Crippen LogP contribution in [0.2, 0.25) is 0 Å². The minimum Gasteiger partial charge on any atom is -0.497 e. The Morgan fingerprint density at radius 3 is 2.59 bits per heavy atom. The molecule has 2 aromatic carbocycles. The highest BCUT2D eigenvalue weighted by molar-refractivity contribution is 7.09. The number of aromatic nitrogens is 2. The molecule has 7 nitrogen and oxygen atoms in total. The van der Waals surface area contributed by atoms with E-state index in [1.54, 1.807) is 60.9 Å². The van der Waals surface area contributed by atoms with Gasteiger partial charge in [0, 0.05) is 21.4 Å². The predicted molar refractivity (Wildman–Crippen MR) is 113 cm³/mol. The number of rotatable bonds is 6. The smallest absolute Gasteiger partial charge is 0.256 e. The zero-order chi connectivity index (χ0) is 20.2.